The summed E-state index contributed by atoms with van der Waals surface area (Å²) in [6, 6.07) is 0. The van der Waals surface area contributed by atoms with Crippen LogP contribution in [-0.4, -0.2) is 13.1 Å². The lowest BCUT2D eigenvalue weighted by molar-refractivity contribution is -0.134. The Morgan fingerprint density at radius 1 is 1.21 bits per heavy atom. The lowest BCUT2D eigenvalue weighted by atomic mass is 9.95. The Labute approximate surface area is 118 Å². The quantitative estimate of drug-likeness (QED) is 0.337. The zero-order valence-corrected chi connectivity index (χ0v) is 13.2. The standard InChI is InChI=1S/C17H30O2/c1-6-14(2)9-7-10-15(3)11-8-12-16(4)13-17(18)19-5/h8,12-15H,6-7,9-11H2,1-5H3/b12-8+,16-13+. The van der Waals surface area contributed by atoms with Crippen LogP contribution in [0, 0.1) is 11.8 Å². The van der Waals surface area contributed by atoms with Crippen LogP contribution < -0.4 is 0 Å². The molecule has 2 heteroatoms. The molecular formula is C17H30O2. The van der Waals surface area contributed by atoms with Crippen molar-refractivity contribution in [3.8, 4) is 0 Å². The van der Waals surface area contributed by atoms with Gasteiger partial charge in [0.05, 0.1) is 7.11 Å². The third-order valence-corrected chi connectivity index (χ3v) is 3.56. The fraction of sp³-hybridized carbons (Fsp3) is 0.706. The minimum Gasteiger partial charge on any atom is -0.466 e. The predicted molar refractivity (Wildman–Crippen MR) is 82.0 cm³/mol. The number of carbonyl (C=O) groups excluding carboxylic acids is 1. The van der Waals surface area contributed by atoms with Gasteiger partial charge in [0.2, 0.25) is 0 Å². The highest BCUT2D eigenvalue weighted by Gasteiger charge is 2.02. The molecule has 0 spiro atoms. The average Bonchev–Trinajstić information content (AvgIpc) is 2.38. The molecule has 19 heavy (non-hydrogen) atoms. The van der Waals surface area contributed by atoms with Gasteiger partial charge in [0.25, 0.3) is 0 Å². The molecule has 0 saturated carbocycles. The Kier molecular flexibility index (Phi) is 10.2. The number of hydrogen-bond donors (Lipinski definition) is 0. The summed E-state index contributed by atoms with van der Waals surface area (Å²) in [6.45, 7) is 8.79. The molecular weight excluding hydrogens is 236 g/mol. The number of rotatable bonds is 9. The highest BCUT2D eigenvalue weighted by Crippen LogP contribution is 2.17. The van der Waals surface area contributed by atoms with Crippen LogP contribution in [0.25, 0.3) is 0 Å². The molecule has 2 atom stereocenters. The van der Waals surface area contributed by atoms with E-state index in [1.54, 1.807) is 0 Å². The third kappa shape index (κ3) is 10.5. The van der Waals surface area contributed by atoms with Gasteiger partial charge >= 0.3 is 5.97 Å². The molecule has 2 nitrogen and oxygen atoms in total. The molecule has 0 heterocycles. The van der Waals surface area contributed by atoms with Gasteiger partial charge in [-0.2, -0.15) is 0 Å². The summed E-state index contributed by atoms with van der Waals surface area (Å²) in [5.74, 6) is 1.28. The summed E-state index contributed by atoms with van der Waals surface area (Å²) in [5, 5.41) is 0. The molecule has 0 aliphatic carbocycles. The van der Waals surface area contributed by atoms with Crippen LogP contribution in [0.2, 0.25) is 0 Å². The Bertz CT molecular complexity index is 302. The molecule has 2 unspecified atom stereocenters. The average molecular weight is 266 g/mol. The number of esters is 1. The van der Waals surface area contributed by atoms with E-state index in [1.807, 2.05) is 13.0 Å². The topological polar surface area (TPSA) is 26.3 Å². The largest absolute Gasteiger partial charge is 0.466 e. The van der Waals surface area contributed by atoms with Gasteiger partial charge in [0.15, 0.2) is 0 Å². The van der Waals surface area contributed by atoms with Crippen molar-refractivity contribution in [3.63, 3.8) is 0 Å². The molecule has 0 aromatic heterocycles. The Balaban J connectivity index is 3.86. The summed E-state index contributed by atoms with van der Waals surface area (Å²) < 4.78 is 4.59. The first-order valence-corrected chi connectivity index (χ1v) is 7.42. The van der Waals surface area contributed by atoms with Gasteiger partial charge in [-0.3, -0.25) is 0 Å². The zero-order chi connectivity index (χ0) is 14.7. The summed E-state index contributed by atoms with van der Waals surface area (Å²) in [5.41, 5.74) is 0.943. The molecule has 0 amide bonds. The summed E-state index contributed by atoms with van der Waals surface area (Å²) in [4.78, 5) is 11.0. The summed E-state index contributed by atoms with van der Waals surface area (Å²) in [6.07, 6.45) is 12.0. The van der Waals surface area contributed by atoms with Gasteiger partial charge in [-0.05, 0) is 30.8 Å². The molecule has 110 valence electrons. The molecule has 0 aliphatic rings. The van der Waals surface area contributed by atoms with E-state index in [4.69, 9.17) is 0 Å². The van der Waals surface area contributed by atoms with Crippen LogP contribution in [0.5, 0.6) is 0 Å². The van der Waals surface area contributed by atoms with Crippen LogP contribution in [0.15, 0.2) is 23.8 Å². The lowest BCUT2D eigenvalue weighted by Crippen LogP contribution is -1.97. The Morgan fingerprint density at radius 2 is 1.84 bits per heavy atom. The predicted octanol–water partition coefficient (Wildman–Crippen LogP) is 4.90. The van der Waals surface area contributed by atoms with Crippen molar-refractivity contribution in [1.29, 1.82) is 0 Å². The van der Waals surface area contributed by atoms with E-state index in [0.29, 0.717) is 5.92 Å². The van der Waals surface area contributed by atoms with Crippen molar-refractivity contribution in [1.82, 2.24) is 0 Å². The van der Waals surface area contributed by atoms with Crippen LogP contribution in [0.3, 0.4) is 0 Å². The number of ether oxygens (including phenoxy) is 1. The van der Waals surface area contributed by atoms with Crippen molar-refractivity contribution >= 4 is 5.97 Å². The SMILES string of the molecule is CCC(C)CCCC(C)C/C=C/C(C)=C/C(=O)OC. The molecule has 0 N–H and O–H groups in total. The molecule has 0 aromatic carbocycles. The van der Waals surface area contributed by atoms with Crippen LogP contribution >= 0.6 is 0 Å². The fourth-order valence-corrected chi connectivity index (χ4v) is 1.92. The smallest absolute Gasteiger partial charge is 0.330 e. The second-order valence-electron chi connectivity index (χ2n) is 5.60. The minimum atomic E-state index is -0.288. The highest BCUT2D eigenvalue weighted by molar-refractivity contribution is 5.83. The van der Waals surface area contributed by atoms with Crippen LogP contribution in [-0.2, 0) is 9.53 Å². The van der Waals surface area contributed by atoms with Crippen LogP contribution in [0.1, 0.15) is 59.8 Å². The first kappa shape index (κ1) is 17.9. The minimum absolute atomic E-state index is 0.288. The van der Waals surface area contributed by atoms with Crippen molar-refractivity contribution in [2.45, 2.75) is 59.8 Å². The van der Waals surface area contributed by atoms with Gasteiger partial charge in [0.1, 0.15) is 0 Å². The first-order valence-electron chi connectivity index (χ1n) is 7.42. The van der Waals surface area contributed by atoms with Gasteiger partial charge < -0.3 is 4.74 Å². The maximum atomic E-state index is 11.0. The van der Waals surface area contributed by atoms with Crippen molar-refractivity contribution < 1.29 is 9.53 Å². The van der Waals surface area contributed by atoms with Crippen molar-refractivity contribution in [2.75, 3.05) is 7.11 Å². The molecule has 0 aliphatic heterocycles. The molecule has 0 bridgehead atoms. The maximum Gasteiger partial charge on any atom is 0.330 e. The second-order valence-corrected chi connectivity index (χ2v) is 5.60. The van der Waals surface area contributed by atoms with E-state index in [1.165, 1.54) is 38.9 Å². The van der Waals surface area contributed by atoms with E-state index in [-0.39, 0.29) is 5.97 Å². The van der Waals surface area contributed by atoms with Gasteiger partial charge in [-0.15, -0.1) is 0 Å². The fourth-order valence-electron chi connectivity index (χ4n) is 1.92. The van der Waals surface area contributed by atoms with Gasteiger partial charge in [-0.25, -0.2) is 4.79 Å². The van der Waals surface area contributed by atoms with E-state index in [9.17, 15) is 4.79 Å². The molecule has 0 radical (unpaired) electrons. The zero-order valence-electron chi connectivity index (χ0n) is 13.2. The van der Waals surface area contributed by atoms with E-state index >= 15 is 0 Å². The second kappa shape index (κ2) is 10.8. The number of allylic oxidation sites excluding steroid dienone is 3. The molecule has 0 fully saturated rings. The van der Waals surface area contributed by atoms with Gasteiger partial charge in [-0.1, -0.05) is 58.6 Å². The normalized spacial score (nSPS) is 15.5. The molecule has 0 saturated heterocycles. The van der Waals surface area contributed by atoms with E-state index < -0.39 is 0 Å². The van der Waals surface area contributed by atoms with E-state index in [2.05, 4.69) is 31.6 Å². The maximum absolute atomic E-state index is 11.0. The highest BCUT2D eigenvalue weighted by atomic mass is 16.5. The summed E-state index contributed by atoms with van der Waals surface area (Å²) in [7, 11) is 1.40. The number of hydrogen-bond acceptors (Lipinski definition) is 2. The number of methoxy groups -OCH3 is 1. The van der Waals surface area contributed by atoms with Crippen LogP contribution in [0.4, 0.5) is 0 Å². The summed E-state index contributed by atoms with van der Waals surface area (Å²) >= 11 is 0. The molecule has 0 rings (SSSR count). The molecule has 0 aromatic rings. The first-order chi connectivity index (χ1) is 8.99. The van der Waals surface area contributed by atoms with Crippen molar-refractivity contribution in [2.24, 2.45) is 11.8 Å². The number of carbonyl (C=O) groups is 1. The van der Waals surface area contributed by atoms with Crippen molar-refractivity contribution in [3.05, 3.63) is 23.8 Å². The Morgan fingerprint density at radius 3 is 2.42 bits per heavy atom. The third-order valence-electron chi connectivity index (χ3n) is 3.56. The Hall–Kier alpha value is -1.05. The van der Waals surface area contributed by atoms with E-state index in [0.717, 1.165) is 17.9 Å². The van der Waals surface area contributed by atoms with Gasteiger partial charge in [0, 0.05) is 6.08 Å². The monoisotopic (exact) mass is 266 g/mol. The lowest BCUT2D eigenvalue weighted by Gasteiger charge is -2.11.